The number of amides is 1. The minimum atomic E-state index is -0.0787. The largest absolute Gasteiger partial charge is 0.398 e. The van der Waals surface area contributed by atoms with E-state index in [1.807, 2.05) is 12.1 Å². The van der Waals surface area contributed by atoms with Crippen molar-refractivity contribution in [1.29, 1.82) is 0 Å². The van der Waals surface area contributed by atoms with Gasteiger partial charge in [0.05, 0.1) is 5.56 Å². The fraction of sp³-hybridized carbons (Fsp3) is 0.462. The molecule has 1 aromatic carbocycles. The summed E-state index contributed by atoms with van der Waals surface area (Å²) in [4.78, 5) is 11.8. The van der Waals surface area contributed by atoms with Crippen molar-refractivity contribution in [2.24, 2.45) is 5.92 Å². The van der Waals surface area contributed by atoms with Crippen LogP contribution in [-0.4, -0.2) is 12.5 Å². The highest BCUT2D eigenvalue weighted by atomic mass is 16.1. The highest BCUT2D eigenvalue weighted by molar-refractivity contribution is 5.99. The normalized spacial score (nSPS) is 10.4. The third kappa shape index (κ3) is 3.26. The van der Waals surface area contributed by atoms with Crippen LogP contribution in [0.2, 0.25) is 0 Å². The van der Waals surface area contributed by atoms with E-state index in [1.54, 1.807) is 12.1 Å². The zero-order valence-corrected chi connectivity index (χ0v) is 9.99. The molecule has 1 aromatic rings. The highest BCUT2D eigenvalue weighted by Crippen LogP contribution is 2.11. The first kappa shape index (κ1) is 12.6. The molecule has 1 rings (SSSR count). The first-order chi connectivity index (χ1) is 7.69. The van der Waals surface area contributed by atoms with Crippen LogP contribution in [-0.2, 0) is 0 Å². The number of anilines is 1. The number of benzene rings is 1. The SMILES string of the molecule is CCC(CC)CNC(=O)c1ccccc1N. The maximum Gasteiger partial charge on any atom is 0.253 e. The lowest BCUT2D eigenvalue weighted by atomic mass is 10.0. The Bertz CT molecular complexity index is 346. The van der Waals surface area contributed by atoms with Gasteiger partial charge >= 0.3 is 0 Å². The van der Waals surface area contributed by atoms with Crippen LogP contribution < -0.4 is 11.1 Å². The van der Waals surface area contributed by atoms with Crippen molar-refractivity contribution in [3.05, 3.63) is 29.8 Å². The number of carbonyl (C=O) groups is 1. The predicted octanol–water partition coefficient (Wildman–Crippen LogP) is 2.43. The summed E-state index contributed by atoms with van der Waals surface area (Å²) in [6, 6.07) is 7.14. The van der Waals surface area contributed by atoms with Gasteiger partial charge in [0.2, 0.25) is 0 Å². The van der Waals surface area contributed by atoms with Crippen molar-refractivity contribution < 1.29 is 4.79 Å². The van der Waals surface area contributed by atoms with E-state index in [1.165, 1.54) is 0 Å². The molecule has 0 radical (unpaired) electrons. The Morgan fingerprint density at radius 1 is 1.31 bits per heavy atom. The first-order valence-corrected chi connectivity index (χ1v) is 5.81. The highest BCUT2D eigenvalue weighted by Gasteiger charge is 2.10. The third-order valence-electron chi connectivity index (χ3n) is 2.91. The zero-order chi connectivity index (χ0) is 12.0. The predicted molar refractivity (Wildman–Crippen MR) is 67.3 cm³/mol. The summed E-state index contributed by atoms with van der Waals surface area (Å²) in [7, 11) is 0. The van der Waals surface area contributed by atoms with Crippen molar-refractivity contribution in [3.63, 3.8) is 0 Å². The summed E-state index contributed by atoms with van der Waals surface area (Å²) < 4.78 is 0. The molecular formula is C13H20N2O. The molecule has 0 saturated carbocycles. The van der Waals surface area contributed by atoms with Gasteiger partial charge in [0.25, 0.3) is 5.91 Å². The average Bonchev–Trinajstić information content (AvgIpc) is 2.30. The van der Waals surface area contributed by atoms with E-state index in [4.69, 9.17) is 5.73 Å². The topological polar surface area (TPSA) is 55.1 Å². The maximum atomic E-state index is 11.8. The second-order valence-corrected chi connectivity index (χ2v) is 3.98. The molecule has 0 heterocycles. The Morgan fingerprint density at radius 3 is 2.50 bits per heavy atom. The summed E-state index contributed by atoms with van der Waals surface area (Å²) in [5.41, 5.74) is 6.83. The zero-order valence-electron chi connectivity index (χ0n) is 9.99. The molecular weight excluding hydrogens is 200 g/mol. The second kappa shape index (κ2) is 6.16. The summed E-state index contributed by atoms with van der Waals surface area (Å²) in [6.45, 7) is 4.99. The monoisotopic (exact) mass is 220 g/mol. The van der Waals surface area contributed by atoms with Gasteiger partial charge < -0.3 is 11.1 Å². The number of nitrogens with two attached hydrogens (primary N) is 1. The van der Waals surface area contributed by atoms with Crippen molar-refractivity contribution in [3.8, 4) is 0 Å². The Morgan fingerprint density at radius 2 is 1.94 bits per heavy atom. The number of hydrogen-bond donors (Lipinski definition) is 2. The molecule has 3 nitrogen and oxygen atoms in total. The van der Waals surface area contributed by atoms with Gasteiger partial charge in [-0.15, -0.1) is 0 Å². The van der Waals surface area contributed by atoms with E-state index in [0.717, 1.165) is 19.4 Å². The number of nitrogen functional groups attached to an aromatic ring is 1. The molecule has 0 atom stereocenters. The molecule has 0 aliphatic rings. The molecule has 16 heavy (non-hydrogen) atoms. The van der Waals surface area contributed by atoms with Gasteiger partial charge in [0, 0.05) is 12.2 Å². The Kier molecular flexibility index (Phi) is 4.83. The molecule has 0 spiro atoms. The number of nitrogens with one attached hydrogen (secondary N) is 1. The molecule has 3 heteroatoms. The number of para-hydroxylation sites is 1. The Hall–Kier alpha value is -1.51. The van der Waals surface area contributed by atoms with E-state index in [0.29, 0.717) is 17.2 Å². The Labute approximate surface area is 97.0 Å². The molecule has 0 aliphatic carbocycles. The van der Waals surface area contributed by atoms with Crippen LogP contribution >= 0.6 is 0 Å². The quantitative estimate of drug-likeness (QED) is 0.749. The lowest BCUT2D eigenvalue weighted by Crippen LogP contribution is -2.29. The molecule has 0 unspecified atom stereocenters. The van der Waals surface area contributed by atoms with Gasteiger partial charge in [0.1, 0.15) is 0 Å². The maximum absolute atomic E-state index is 11.8. The van der Waals surface area contributed by atoms with Crippen molar-refractivity contribution in [2.45, 2.75) is 26.7 Å². The molecule has 0 saturated heterocycles. The van der Waals surface area contributed by atoms with Crippen LogP contribution in [0.25, 0.3) is 0 Å². The molecule has 3 N–H and O–H groups in total. The molecule has 0 aliphatic heterocycles. The van der Waals surface area contributed by atoms with E-state index in [-0.39, 0.29) is 5.91 Å². The van der Waals surface area contributed by atoms with Gasteiger partial charge in [-0.2, -0.15) is 0 Å². The molecule has 1 amide bonds. The van der Waals surface area contributed by atoms with E-state index in [2.05, 4.69) is 19.2 Å². The number of hydrogen-bond acceptors (Lipinski definition) is 2. The van der Waals surface area contributed by atoms with Crippen LogP contribution in [0.1, 0.15) is 37.0 Å². The molecule has 0 fully saturated rings. The van der Waals surface area contributed by atoms with Crippen LogP contribution in [0.3, 0.4) is 0 Å². The smallest absolute Gasteiger partial charge is 0.253 e. The lowest BCUT2D eigenvalue weighted by Gasteiger charge is -2.13. The van der Waals surface area contributed by atoms with Crippen LogP contribution in [0, 0.1) is 5.92 Å². The van der Waals surface area contributed by atoms with Gasteiger partial charge in [0.15, 0.2) is 0 Å². The summed E-state index contributed by atoms with van der Waals surface area (Å²) in [5, 5.41) is 2.92. The lowest BCUT2D eigenvalue weighted by molar-refractivity contribution is 0.0947. The van der Waals surface area contributed by atoms with Crippen LogP contribution in [0.4, 0.5) is 5.69 Å². The fourth-order valence-corrected chi connectivity index (χ4v) is 1.61. The van der Waals surface area contributed by atoms with E-state index in [9.17, 15) is 4.79 Å². The molecule has 88 valence electrons. The van der Waals surface area contributed by atoms with Crippen molar-refractivity contribution in [1.82, 2.24) is 5.32 Å². The fourth-order valence-electron chi connectivity index (χ4n) is 1.61. The van der Waals surface area contributed by atoms with Crippen LogP contribution in [0.5, 0.6) is 0 Å². The van der Waals surface area contributed by atoms with E-state index < -0.39 is 0 Å². The van der Waals surface area contributed by atoms with Crippen LogP contribution in [0.15, 0.2) is 24.3 Å². The van der Waals surface area contributed by atoms with E-state index >= 15 is 0 Å². The second-order valence-electron chi connectivity index (χ2n) is 3.98. The minimum Gasteiger partial charge on any atom is -0.398 e. The third-order valence-corrected chi connectivity index (χ3v) is 2.91. The standard InChI is InChI=1S/C13H20N2O/c1-3-10(4-2)9-15-13(16)11-7-5-6-8-12(11)14/h5-8,10H,3-4,9,14H2,1-2H3,(H,15,16). The van der Waals surface area contributed by atoms with Crippen molar-refractivity contribution in [2.75, 3.05) is 12.3 Å². The Balaban J connectivity index is 2.56. The van der Waals surface area contributed by atoms with Gasteiger partial charge in [-0.3, -0.25) is 4.79 Å². The van der Waals surface area contributed by atoms with Gasteiger partial charge in [-0.25, -0.2) is 0 Å². The molecule has 0 aromatic heterocycles. The minimum absolute atomic E-state index is 0.0787. The van der Waals surface area contributed by atoms with Crippen molar-refractivity contribution >= 4 is 11.6 Å². The van der Waals surface area contributed by atoms with Gasteiger partial charge in [-0.1, -0.05) is 38.8 Å². The van der Waals surface area contributed by atoms with Gasteiger partial charge in [-0.05, 0) is 18.1 Å². The first-order valence-electron chi connectivity index (χ1n) is 5.81. The summed E-state index contributed by atoms with van der Waals surface area (Å²) >= 11 is 0. The number of rotatable bonds is 5. The summed E-state index contributed by atoms with van der Waals surface area (Å²) in [6.07, 6.45) is 2.17. The molecule has 0 bridgehead atoms. The summed E-state index contributed by atoms with van der Waals surface area (Å²) in [5.74, 6) is 0.471. The number of carbonyl (C=O) groups excluding carboxylic acids is 1. The average molecular weight is 220 g/mol.